The Balaban J connectivity index is 2.51. The Morgan fingerprint density at radius 2 is 2.23 bits per heavy atom. The molecule has 0 aliphatic carbocycles. The fourth-order valence-corrected chi connectivity index (χ4v) is 1.21. The molecular weight excluding hydrogens is 166 g/mol. The average molecular weight is 175 g/mol. The Hall–Kier alpha value is -1.84. The molecule has 0 fully saturated rings. The van der Waals surface area contributed by atoms with Crippen LogP contribution in [0.5, 0.6) is 0 Å². The molecule has 13 heavy (non-hydrogen) atoms. The molecular formula is C9H9N3O. The maximum Gasteiger partial charge on any atom is 0.113 e. The molecule has 1 aromatic heterocycles. The lowest BCUT2D eigenvalue weighted by Gasteiger charge is -1.98. The number of rotatable bonds is 2. The number of hydrogen-bond acceptors (Lipinski definition) is 3. The molecule has 2 rings (SSSR count). The summed E-state index contributed by atoms with van der Waals surface area (Å²) in [4.78, 5) is 0. The van der Waals surface area contributed by atoms with Crippen LogP contribution in [0.1, 0.15) is 0 Å². The monoisotopic (exact) mass is 175 g/mol. The predicted octanol–water partition coefficient (Wildman–Crippen LogP) is 1.50. The van der Waals surface area contributed by atoms with E-state index in [-0.39, 0.29) is 5.76 Å². The van der Waals surface area contributed by atoms with Crippen LogP contribution in [0.15, 0.2) is 36.6 Å². The van der Waals surface area contributed by atoms with Crippen molar-refractivity contribution in [3.63, 3.8) is 0 Å². The fraction of sp³-hybridized carbons (Fsp3) is 0.111. The number of para-hydroxylation sites is 1. The lowest BCUT2D eigenvalue weighted by molar-refractivity contribution is 0.371. The molecule has 4 nitrogen and oxygen atoms in total. The van der Waals surface area contributed by atoms with Crippen LogP contribution in [-0.4, -0.2) is 20.1 Å². The molecule has 1 aromatic carbocycles. The van der Waals surface area contributed by atoms with Gasteiger partial charge in [0.25, 0.3) is 0 Å². The van der Waals surface area contributed by atoms with Gasteiger partial charge in [0.05, 0.1) is 12.1 Å². The molecule has 0 saturated heterocycles. The molecule has 0 unspecified atom stereocenters. The van der Waals surface area contributed by atoms with Gasteiger partial charge in [0.15, 0.2) is 0 Å². The van der Waals surface area contributed by atoms with Gasteiger partial charge < -0.3 is 5.11 Å². The molecule has 0 spiro atoms. The van der Waals surface area contributed by atoms with Crippen LogP contribution in [0.2, 0.25) is 0 Å². The largest absolute Gasteiger partial charge is 0.511 e. The van der Waals surface area contributed by atoms with Gasteiger partial charge in [0, 0.05) is 0 Å². The number of nitrogens with zero attached hydrogens (tertiary/aromatic N) is 3. The zero-order chi connectivity index (χ0) is 9.26. The Labute approximate surface area is 75.1 Å². The maximum atomic E-state index is 9.00. The lowest BCUT2D eigenvalue weighted by Crippen LogP contribution is -2.01. The topological polar surface area (TPSA) is 50.9 Å². The smallest absolute Gasteiger partial charge is 0.113 e. The van der Waals surface area contributed by atoms with Gasteiger partial charge in [-0.2, -0.15) is 0 Å². The van der Waals surface area contributed by atoms with E-state index in [0.717, 1.165) is 11.0 Å². The Bertz CT molecular complexity index is 447. The Morgan fingerprint density at radius 1 is 1.46 bits per heavy atom. The molecule has 0 aliphatic heterocycles. The van der Waals surface area contributed by atoms with E-state index in [1.807, 2.05) is 24.3 Å². The van der Waals surface area contributed by atoms with Gasteiger partial charge in [-0.15, -0.1) is 5.10 Å². The molecule has 0 aliphatic rings. The van der Waals surface area contributed by atoms with Crippen molar-refractivity contribution in [1.82, 2.24) is 15.0 Å². The second kappa shape index (κ2) is 2.90. The van der Waals surface area contributed by atoms with E-state index in [1.165, 1.54) is 0 Å². The highest BCUT2D eigenvalue weighted by atomic mass is 16.3. The van der Waals surface area contributed by atoms with Crippen molar-refractivity contribution >= 4 is 11.0 Å². The number of aliphatic hydroxyl groups is 1. The standard InChI is InChI=1S/C9H9N3O/c1-7(13)6-12-9-5-3-2-4-8(9)10-11-12/h2-5,13H,1,6H2. The number of aromatic nitrogens is 3. The van der Waals surface area contributed by atoms with Crippen LogP contribution in [0.25, 0.3) is 11.0 Å². The third-order valence-corrected chi connectivity index (χ3v) is 1.75. The van der Waals surface area contributed by atoms with Crippen molar-refractivity contribution in [3.05, 3.63) is 36.6 Å². The van der Waals surface area contributed by atoms with Gasteiger partial charge in [-0.05, 0) is 12.1 Å². The van der Waals surface area contributed by atoms with E-state index in [0.29, 0.717) is 6.54 Å². The van der Waals surface area contributed by atoms with Crippen molar-refractivity contribution in [3.8, 4) is 0 Å². The number of aliphatic hydroxyl groups excluding tert-OH is 1. The predicted molar refractivity (Wildman–Crippen MR) is 49.3 cm³/mol. The summed E-state index contributed by atoms with van der Waals surface area (Å²) < 4.78 is 1.61. The summed E-state index contributed by atoms with van der Waals surface area (Å²) in [5, 5.41) is 16.8. The summed E-state index contributed by atoms with van der Waals surface area (Å²) in [5.74, 6) is 0.0793. The molecule has 0 radical (unpaired) electrons. The van der Waals surface area contributed by atoms with Gasteiger partial charge in [0.1, 0.15) is 11.3 Å². The van der Waals surface area contributed by atoms with E-state index in [4.69, 9.17) is 5.11 Å². The number of allylic oxidation sites excluding steroid dienone is 1. The van der Waals surface area contributed by atoms with Crippen LogP contribution < -0.4 is 0 Å². The molecule has 1 N–H and O–H groups in total. The summed E-state index contributed by atoms with van der Waals surface area (Å²) in [6, 6.07) is 7.58. The quantitative estimate of drug-likeness (QED) is 0.704. The first kappa shape index (κ1) is 7.79. The summed E-state index contributed by atoms with van der Waals surface area (Å²) >= 11 is 0. The number of benzene rings is 1. The minimum absolute atomic E-state index is 0.0793. The van der Waals surface area contributed by atoms with Gasteiger partial charge >= 0.3 is 0 Å². The van der Waals surface area contributed by atoms with Crippen molar-refractivity contribution in [2.45, 2.75) is 6.54 Å². The second-order valence-electron chi connectivity index (χ2n) is 2.80. The van der Waals surface area contributed by atoms with Crippen molar-refractivity contribution in [2.24, 2.45) is 0 Å². The summed E-state index contributed by atoms with van der Waals surface area (Å²) in [6.07, 6.45) is 0. The average Bonchev–Trinajstić information content (AvgIpc) is 2.48. The maximum absolute atomic E-state index is 9.00. The van der Waals surface area contributed by atoms with Gasteiger partial charge in [-0.1, -0.05) is 23.9 Å². The van der Waals surface area contributed by atoms with Crippen LogP contribution in [0.3, 0.4) is 0 Å². The van der Waals surface area contributed by atoms with Crippen LogP contribution in [0, 0.1) is 0 Å². The summed E-state index contributed by atoms with van der Waals surface area (Å²) in [7, 11) is 0. The molecule has 0 bridgehead atoms. The molecule has 66 valence electrons. The van der Waals surface area contributed by atoms with Crippen molar-refractivity contribution in [2.75, 3.05) is 0 Å². The van der Waals surface area contributed by atoms with E-state index in [9.17, 15) is 0 Å². The molecule has 0 amide bonds. The Morgan fingerprint density at radius 3 is 3.00 bits per heavy atom. The van der Waals surface area contributed by atoms with Crippen LogP contribution in [-0.2, 0) is 6.54 Å². The SMILES string of the molecule is C=C(O)Cn1nnc2ccccc21. The van der Waals surface area contributed by atoms with Crippen molar-refractivity contribution in [1.29, 1.82) is 0 Å². The van der Waals surface area contributed by atoms with Crippen LogP contribution in [0.4, 0.5) is 0 Å². The fourth-order valence-electron chi connectivity index (χ4n) is 1.21. The zero-order valence-electron chi connectivity index (χ0n) is 7.01. The molecule has 0 saturated carbocycles. The molecule has 2 aromatic rings. The van der Waals surface area contributed by atoms with E-state index >= 15 is 0 Å². The first-order valence-corrected chi connectivity index (χ1v) is 3.92. The van der Waals surface area contributed by atoms with Gasteiger partial charge in [-0.3, -0.25) is 0 Å². The molecule has 1 heterocycles. The highest BCUT2D eigenvalue weighted by Gasteiger charge is 2.02. The summed E-state index contributed by atoms with van der Waals surface area (Å²) in [5.41, 5.74) is 1.72. The van der Waals surface area contributed by atoms with Crippen LogP contribution >= 0.6 is 0 Å². The minimum atomic E-state index is 0.0793. The molecule has 4 heteroatoms. The normalized spacial score (nSPS) is 10.5. The third-order valence-electron chi connectivity index (χ3n) is 1.75. The minimum Gasteiger partial charge on any atom is -0.511 e. The first-order chi connectivity index (χ1) is 6.27. The van der Waals surface area contributed by atoms with Crippen molar-refractivity contribution < 1.29 is 5.11 Å². The highest BCUT2D eigenvalue weighted by Crippen LogP contribution is 2.09. The second-order valence-corrected chi connectivity index (χ2v) is 2.80. The summed E-state index contributed by atoms with van der Waals surface area (Å²) in [6.45, 7) is 3.70. The van der Waals surface area contributed by atoms with E-state index in [1.54, 1.807) is 4.68 Å². The molecule has 0 atom stereocenters. The third kappa shape index (κ3) is 1.38. The van der Waals surface area contributed by atoms with E-state index in [2.05, 4.69) is 16.9 Å². The number of hydrogen-bond donors (Lipinski definition) is 1. The Kier molecular flexibility index (Phi) is 1.73. The zero-order valence-corrected chi connectivity index (χ0v) is 7.01. The van der Waals surface area contributed by atoms with Gasteiger partial charge in [-0.25, -0.2) is 4.68 Å². The highest BCUT2D eigenvalue weighted by molar-refractivity contribution is 5.73. The first-order valence-electron chi connectivity index (χ1n) is 3.92. The van der Waals surface area contributed by atoms with Gasteiger partial charge in [0.2, 0.25) is 0 Å². The lowest BCUT2D eigenvalue weighted by atomic mass is 10.3. The number of fused-ring (bicyclic) bond motifs is 1. The van der Waals surface area contributed by atoms with E-state index < -0.39 is 0 Å².